The first-order valence-electron chi connectivity index (χ1n) is 7.06. The van der Waals surface area contributed by atoms with E-state index in [1.807, 2.05) is 13.0 Å². The summed E-state index contributed by atoms with van der Waals surface area (Å²) in [5, 5.41) is 6.20. The molecule has 1 aromatic rings. The molecule has 1 aliphatic heterocycles. The lowest BCUT2D eigenvalue weighted by Crippen LogP contribution is -2.33. The predicted molar refractivity (Wildman–Crippen MR) is 77.8 cm³/mol. The van der Waals surface area contributed by atoms with Gasteiger partial charge in [-0.1, -0.05) is 30.7 Å². The molecule has 20 heavy (non-hydrogen) atoms. The Labute approximate surface area is 119 Å². The number of amides is 1. The van der Waals surface area contributed by atoms with Gasteiger partial charge in [0.2, 0.25) is 5.91 Å². The molecule has 0 bridgehead atoms. The zero-order valence-electron chi connectivity index (χ0n) is 11.8. The summed E-state index contributed by atoms with van der Waals surface area (Å²) < 4.78 is 13.1. The van der Waals surface area contributed by atoms with Gasteiger partial charge in [-0.05, 0) is 37.1 Å². The van der Waals surface area contributed by atoms with Crippen LogP contribution < -0.4 is 10.6 Å². The number of nitrogens with one attached hydrogen (secondary N) is 2. The van der Waals surface area contributed by atoms with Gasteiger partial charge >= 0.3 is 0 Å². The monoisotopic (exact) mass is 276 g/mol. The predicted octanol–water partition coefficient (Wildman–Crippen LogP) is 2.04. The largest absolute Gasteiger partial charge is 0.352 e. The minimum atomic E-state index is -0.255. The first-order valence-corrected chi connectivity index (χ1v) is 7.06. The second kappa shape index (κ2) is 7.20. The summed E-state index contributed by atoms with van der Waals surface area (Å²) >= 11 is 0. The molecule has 4 heteroatoms. The van der Waals surface area contributed by atoms with E-state index in [0.29, 0.717) is 13.0 Å². The van der Waals surface area contributed by atoms with Crippen LogP contribution in [0.25, 0.3) is 0 Å². The van der Waals surface area contributed by atoms with Crippen LogP contribution >= 0.6 is 0 Å². The van der Waals surface area contributed by atoms with Gasteiger partial charge in [0, 0.05) is 19.0 Å². The van der Waals surface area contributed by atoms with Crippen LogP contribution in [0, 0.1) is 11.7 Å². The topological polar surface area (TPSA) is 41.1 Å². The number of carbonyl (C=O) groups excluding carboxylic acids is 1. The molecule has 0 aliphatic carbocycles. The van der Waals surface area contributed by atoms with E-state index in [1.165, 1.54) is 17.7 Å². The van der Waals surface area contributed by atoms with Gasteiger partial charge in [-0.3, -0.25) is 4.79 Å². The quantitative estimate of drug-likeness (QED) is 0.808. The second-order valence-electron chi connectivity index (χ2n) is 5.27. The maximum absolute atomic E-state index is 13.1. The van der Waals surface area contributed by atoms with Gasteiger partial charge < -0.3 is 10.6 Å². The fraction of sp³-hybridized carbons (Fsp3) is 0.438. The van der Waals surface area contributed by atoms with Crippen molar-refractivity contribution in [3.63, 3.8) is 0 Å². The maximum Gasteiger partial charge on any atom is 0.223 e. The number of halogens is 1. The van der Waals surface area contributed by atoms with Crippen LogP contribution in [-0.4, -0.2) is 25.5 Å². The first kappa shape index (κ1) is 14.7. The fourth-order valence-corrected chi connectivity index (χ4v) is 2.32. The van der Waals surface area contributed by atoms with Gasteiger partial charge in [0.15, 0.2) is 0 Å². The first-order chi connectivity index (χ1) is 9.65. The Hall–Kier alpha value is -1.68. The molecule has 2 N–H and O–H groups in total. The van der Waals surface area contributed by atoms with Crippen LogP contribution in [0.5, 0.6) is 0 Å². The summed E-state index contributed by atoms with van der Waals surface area (Å²) in [6.45, 7) is 4.34. The van der Waals surface area contributed by atoms with Gasteiger partial charge in [-0.15, -0.1) is 0 Å². The lowest BCUT2D eigenvalue weighted by Gasteiger charge is -2.16. The van der Waals surface area contributed by atoms with Crippen molar-refractivity contribution >= 4 is 5.91 Å². The lowest BCUT2D eigenvalue weighted by molar-refractivity contribution is -0.124. The van der Waals surface area contributed by atoms with E-state index in [4.69, 9.17) is 0 Å². The highest BCUT2D eigenvalue weighted by molar-refractivity contribution is 5.78. The van der Waals surface area contributed by atoms with Gasteiger partial charge in [0.1, 0.15) is 5.82 Å². The summed E-state index contributed by atoms with van der Waals surface area (Å²) in [5.41, 5.74) is 2.13. The lowest BCUT2D eigenvalue weighted by atomic mass is 10.00. The van der Waals surface area contributed by atoms with Crippen LogP contribution in [0.1, 0.15) is 18.9 Å². The summed E-state index contributed by atoms with van der Waals surface area (Å²) in [6.07, 6.45) is 3.67. The summed E-state index contributed by atoms with van der Waals surface area (Å²) in [4.78, 5) is 12.0. The maximum atomic E-state index is 13.1. The Morgan fingerprint density at radius 2 is 2.35 bits per heavy atom. The molecule has 1 atom stereocenters. The Morgan fingerprint density at radius 1 is 1.50 bits per heavy atom. The molecule has 0 saturated carbocycles. The SMILES string of the molecule is CC(Cc1cccc(F)c1)C(=O)NCC1=CCNCC1. The minimum Gasteiger partial charge on any atom is -0.352 e. The van der Waals surface area contributed by atoms with Crippen molar-refractivity contribution < 1.29 is 9.18 Å². The van der Waals surface area contributed by atoms with Crippen molar-refractivity contribution in [2.24, 2.45) is 5.92 Å². The number of hydrogen-bond acceptors (Lipinski definition) is 2. The molecule has 0 aromatic heterocycles. The van der Waals surface area contributed by atoms with Crippen LogP contribution in [0.15, 0.2) is 35.9 Å². The summed E-state index contributed by atoms with van der Waals surface area (Å²) in [7, 11) is 0. The van der Waals surface area contributed by atoms with Crippen molar-refractivity contribution in [1.82, 2.24) is 10.6 Å². The number of hydrogen-bond donors (Lipinski definition) is 2. The van der Waals surface area contributed by atoms with Crippen molar-refractivity contribution in [1.29, 1.82) is 0 Å². The molecule has 108 valence electrons. The number of rotatable bonds is 5. The molecule has 0 fully saturated rings. The zero-order valence-corrected chi connectivity index (χ0v) is 11.8. The molecule has 1 unspecified atom stereocenters. The molecule has 1 aliphatic rings. The van der Waals surface area contributed by atoms with E-state index >= 15 is 0 Å². The Kier molecular flexibility index (Phi) is 5.30. The molecular weight excluding hydrogens is 255 g/mol. The molecule has 1 aromatic carbocycles. The van der Waals surface area contributed by atoms with Crippen molar-refractivity contribution in [3.05, 3.63) is 47.3 Å². The van der Waals surface area contributed by atoms with Crippen LogP contribution in [0.4, 0.5) is 4.39 Å². The highest BCUT2D eigenvalue weighted by atomic mass is 19.1. The zero-order chi connectivity index (χ0) is 14.4. The molecule has 3 nitrogen and oxygen atoms in total. The Bertz CT molecular complexity index is 499. The van der Waals surface area contributed by atoms with E-state index in [2.05, 4.69) is 16.7 Å². The highest BCUT2D eigenvalue weighted by Gasteiger charge is 2.14. The van der Waals surface area contributed by atoms with E-state index in [-0.39, 0.29) is 17.6 Å². The van der Waals surface area contributed by atoms with E-state index in [1.54, 1.807) is 6.07 Å². The van der Waals surface area contributed by atoms with Crippen molar-refractivity contribution in [2.75, 3.05) is 19.6 Å². The third kappa shape index (κ3) is 4.46. The van der Waals surface area contributed by atoms with Gasteiger partial charge in [-0.2, -0.15) is 0 Å². The average Bonchev–Trinajstić information content (AvgIpc) is 2.46. The molecule has 1 amide bonds. The second-order valence-corrected chi connectivity index (χ2v) is 5.27. The van der Waals surface area contributed by atoms with E-state index in [9.17, 15) is 9.18 Å². The van der Waals surface area contributed by atoms with E-state index < -0.39 is 0 Å². The summed E-state index contributed by atoms with van der Waals surface area (Å²) in [5.74, 6) is -0.386. The minimum absolute atomic E-state index is 0.0219. The van der Waals surface area contributed by atoms with Crippen LogP contribution in [0.2, 0.25) is 0 Å². The third-order valence-electron chi connectivity index (χ3n) is 3.53. The Morgan fingerprint density at radius 3 is 3.05 bits per heavy atom. The van der Waals surface area contributed by atoms with Crippen LogP contribution in [-0.2, 0) is 11.2 Å². The third-order valence-corrected chi connectivity index (χ3v) is 3.53. The molecule has 0 spiro atoms. The molecule has 1 heterocycles. The average molecular weight is 276 g/mol. The van der Waals surface area contributed by atoms with Crippen LogP contribution in [0.3, 0.4) is 0 Å². The highest BCUT2D eigenvalue weighted by Crippen LogP contribution is 2.11. The normalized spacial score (nSPS) is 16.4. The van der Waals surface area contributed by atoms with E-state index in [0.717, 1.165) is 25.1 Å². The van der Waals surface area contributed by atoms with Gasteiger partial charge in [0.05, 0.1) is 0 Å². The number of carbonyl (C=O) groups is 1. The molecule has 0 saturated heterocycles. The summed E-state index contributed by atoms with van der Waals surface area (Å²) in [6, 6.07) is 6.42. The molecule has 0 radical (unpaired) electrons. The van der Waals surface area contributed by atoms with Gasteiger partial charge in [0.25, 0.3) is 0 Å². The fourth-order valence-electron chi connectivity index (χ4n) is 2.32. The Balaban J connectivity index is 1.81. The van der Waals surface area contributed by atoms with Gasteiger partial charge in [-0.25, -0.2) is 4.39 Å². The standard InChI is InChI=1S/C16H21FN2O/c1-12(9-14-3-2-4-15(17)10-14)16(20)19-11-13-5-7-18-8-6-13/h2-5,10,12,18H,6-9,11H2,1H3,(H,19,20). The number of benzene rings is 1. The molecular formula is C16H21FN2O. The molecule has 2 rings (SSSR count). The van der Waals surface area contributed by atoms with Crippen molar-refractivity contribution in [2.45, 2.75) is 19.8 Å². The van der Waals surface area contributed by atoms with Crippen molar-refractivity contribution in [3.8, 4) is 0 Å². The smallest absolute Gasteiger partial charge is 0.223 e.